The first kappa shape index (κ1) is 73.4. The van der Waals surface area contributed by atoms with E-state index in [1.807, 2.05) is 0 Å². The fourth-order valence-electron chi connectivity index (χ4n) is 8.34. The lowest BCUT2D eigenvalue weighted by Gasteiger charge is -2.19. The zero-order valence-corrected chi connectivity index (χ0v) is 50.0. The third kappa shape index (κ3) is 61.5. The van der Waals surface area contributed by atoms with Crippen molar-refractivity contribution in [2.45, 2.75) is 264 Å². The molecule has 2 unspecified atom stereocenters. The monoisotopic (exact) mass is 1090 g/mol. The molecular formula is C67H114NO8P. The third-order valence-corrected chi connectivity index (χ3v) is 13.8. The maximum atomic E-state index is 12.7. The molecule has 0 saturated carbocycles. The van der Waals surface area contributed by atoms with Gasteiger partial charge in [-0.3, -0.25) is 18.6 Å². The molecule has 3 N–H and O–H groups in total. The number of phosphoric ester groups is 1. The van der Waals surface area contributed by atoms with Crippen LogP contribution < -0.4 is 5.73 Å². The van der Waals surface area contributed by atoms with Gasteiger partial charge in [0.05, 0.1) is 13.2 Å². The lowest BCUT2D eigenvalue weighted by atomic mass is 10.0. The maximum absolute atomic E-state index is 12.7. The van der Waals surface area contributed by atoms with E-state index in [0.717, 1.165) is 116 Å². The summed E-state index contributed by atoms with van der Waals surface area (Å²) in [6, 6.07) is 0. The van der Waals surface area contributed by atoms with Gasteiger partial charge in [0.2, 0.25) is 0 Å². The van der Waals surface area contributed by atoms with Crippen LogP contribution in [0.1, 0.15) is 258 Å². The first-order valence-electron chi connectivity index (χ1n) is 31.0. The molecule has 0 aliphatic heterocycles. The first-order chi connectivity index (χ1) is 37.8. The molecule has 0 aliphatic rings. The van der Waals surface area contributed by atoms with Gasteiger partial charge in [-0.2, -0.15) is 0 Å². The van der Waals surface area contributed by atoms with Crippen molar-refractivity contribution >= 4 is 19.8 Å². The van der Waals surface area contributed by atoms with Crippen molar-refractivity contribution in [2.75, 3.05) is 26.4 Å². The second kappa shape index (κ2) is 61.6. The van der Waals surface area contributed by atoms with Crippen LogP contribution in [0.2, 0.25) is 0 Å². The molecule has 0 radical (unpaired) electrons. The Hall–Kier alpha value is -3.59. The Labute approximate surface area is 472 Å². The first-order valence-corrected chi connectivity index (χ1v) is 32.5. The van der Waals surface area contributed by atoms with E-state index >= 15 is 0 Å². The van der Waals surface area contributed by atoms with E-state index in [9.17, 15) is 19.0 Å². The van der Waals surface area contributed by atoms with E-state index < -0.39 is 26.5 Å². The number of carbonyl (C=O) groups excluding carboxylic acids is 2. The number of nitrogens with two attached hydrogens (primary N) is 1. The highest BCUT2D eigenvalue weighted by Gasteiger charge is 2.26. The van der Waals surface area contributed by atoms with Gasteiger partial charge in [0, 0.05) is 19.4 Å². The number of hydrogen-bond donors (Lipinski definition) is 2. The van der Waals surface area contributed by atoms with Crippen LogP contribution in [0, 0.1) is 0 Å². The Balaban J connectivity index is 3.95. The Bertz CT molecular complexity index is 1670. The Morgan fingerprint density at radius 1 is 0.390 bits per heavy atom. The van der Waals surface area contributed by atoms with Gasteiger partial charge in [-0.25, -0.2) is 4.57 Å². The summed E-state index contributed by atoms with van der Waals surface area (Å²) in [5.74, 6) is -0.834. The van der Waals surface area contributed by atoms with Crippen molar-refractivity contribution in [2.24, 2.45) is 5.73 Å². The summed E-state index contributed by atoms with van der Waals surface area (Å²) in [7, 11) is -4.40. The number of ether oxygens (including phenoxy) is 2. The predicted octanol–water partition coefficient (Wildman–Crippen LogP) is 20.0. The molecule has 0 heterocycles. The second-order valence-electron chi connectivity index (χ2n) is 20.2. The minimum absolute atomic E-state index is 0.0479. The van der Waals surface area contributed by atoms with Crippen LogP contribution in [-0.2, 0) is 32.7 Å². The molecule has 10 heteroatoms. The fraction of sp³-hybridized carbons (Fsp3) is 0.672. The highest BCUT2D eigenvalue weighted by molar-refractivity contribution is 7.47. The number of esters is 2. The van der Waals surface area contributed by atoms with Crippen LogP contribution in [0.5, 0.6) is 0 Å². The molecule has 0 saturated heterocycles. The average molecular weight is 1090 g/mol. The largest absolute Gasteiger partial charge is 0.472 e. The van der Waals surface area contributed by atoms with Crippen LogP contribution in [0.25, 0.3) is 0 Å². The lowest BCUT2D eigenvalue weighted by Crippen LogP contribution is -2.29. The number of unbranched alkanes of at least 4 members (excludes halogenated alkanes) is 24. The molecular weight excluding hydrogens is 978 g/mol. The maximum Gasteiger partial charge on any atom is 0.472 e. The van der Waals surface area contributed by atoms with Gasteiger partial charge < -0.3 is 20.1 Å². The van der Waals surface area contributed by atoms with Crippen LogP contribution in [0.3, 0.4) is 0 Å². The van der Waals surface area contributed by atoms with E-state index in [4.69, 9.17) is 24.3 Å². The number of phosphoric acid groups is 1. The van der Waals surface area contributed by atoms with Crippen molar-refractivity contribution in [3.63, 3.8) is 0 Å². The zero-order valence-electron chi connectivity index (χ0n) is 49.2. The summed E-state index contributed by atoms with van der Waals surface area (Å²) in [5, 5.41) is 0. The molecule has 0 fully saturated rings. The number of carbonyl (C=O) groups is 2. The van der Waals surface area contributed by atoms with Crippen LogP contribution >= 0.6 is 7.82 Å². The van der Waals surface area contributed by atoms with E-state index in [2.05, 4.69) is 135 Å². The van der Waals surface area contributed by atoms with Gasteiger partial charge in [0.1, 0.15) is 6.61 Å². The van der Waals surface area contributed by atoms with Crippen LogP contribution in [0.15, 0.2) is 122 Å². The van der Waals surface area contributed by atoms with Crippen molar-refractivity contribution in [3.8, 4) is 0 Å². The van der Waals surface area contributed by atoms with Gasteiger partial charge in [0.25, 0.3) is 0 Å². The molecule has 9 nitrogen and oxygen atoms in total. The molecule has 0 aromatic carbocycles. The van der Waals surface area contributed by atoms with Crippen LogP contribution in [-0.4, -0.2) is 49.3 Å². The number of rotatable bonds is 57. The SMILES string of the molecule is CC/C=C\C/C=C\C/C=C\C/C=C\C/C=C\C/C=C\CCCCCCCCCCCCCCCCC(=O)OC(COC(=O)CCCCCCCCCCCC/C=C\C/C=C\C/C=C\C/C=C\CC)COP(=O)(O)OCCN. The summed E-state index contributed by atoms with van der Waals surface area (Å²) >= 11 is 0. The quantitative estimate of drug-likeness (QED) is 0.0264. The highest BCUT2D eigenvalue weighted by atomic mass is 31.2. The van der Waals surface area contributed by atoms with Crippen molar-refractivity contribution in [1.29, 1.82) is 0 Å². The summed E-state index contributed by atoms with van der Waals surface area (Å²) in [5.41, 5.74) is 5.39. The van der Waals surface area contributed by atoms with E-state index in [1.165, 1.54) is 109 Å². The molecule has 0 aliphatic carbocycles. The van der Waals surface area contributed by atoms with Crippen LogP contribution in [0.4, 0.5) is 0 Å². The topological polar surface area (TPSA) is 134 Å². The molecule has 77 heavy (non-hydrogen) atoms. The minimum Gasteiger partial charge on any atom is -0.462 e. The minimum atomic E-state index is -4.40. The molecule has 0 aromatic heterocycles. The normalized spacial score (nSPS) is 13.9. The highest BCUT2D eigenvalue weighted by Crippen LogP contribution is 2.43. The van der Waals surface area contributed by atoms with Gasteiger partial charge in [-0.05, 0) is 103 Å². The third-order valence-electron chi connectivity index (χ3n) is 12.8. The standard InChI is InChI=1S/C67H114NO8P/c1-3-5-7-9-11-13-15-17-19-21-23-25-27-28-29-30-31-32-33-34-35-36-38-40-42-44-46-48-50-52-54-56-58-60-67(70)76-65(64-75-77(71,72)74-62-61-68)63-73-66(69)59-57-55-53-51-49-47-45-43-41-39-37-26-24-22-20-18-16-14-12-10-8-6-4-2/h5-8,11-14,17-20,23-26,28-29,31-32,65H,3-4,9-10,15-16,21-22,27,30,33-64,68H2,1-2H3,(H,71,72)/b7-5-,8-6-,13-11-,14-12-,19-17-,20-18-,25-23-,26-24-,29-28-,32-31-. The molecule has 0 rings (SSSR count). The Morgan fingerprint density at radius 2 is 0.675 bits per heavy atom. The summed E-state index contributed by atoms with van der Waals surface area (Å²) in [4.78, 5) is 35.3. The number of allylic oxidation sites excluding steroid dienone is 20. The second-order valence-corrected chi connectivity index (χ2v) is 21.6. The molecule has 0 aromatic rings. The molecule has 2 atom stereocenters. The van der Waals surface area contributed by atoms with Crippen molar-refractivity contribution in [3.05, 3.63) is 122 Å². The van der Waals surface area contributed by atoms with Gasteiger partial charge in [0.15, 0.2) is 6.10 Å². The Kier molecular flexibility index (Phi) is 58.7. The van der Waals surface area contributed by atoms with Gasteiger partial charge in [-0.1, -0.05) is 264 Å². The summed E-state index contributed by atoms with van der Waals surface area (Å²) in [6.45, 7) is 3.52. The van der Waals surface area contributed by atoms with Gasteiger partial charge >= 0.3 is 19.8 Å². The zero-order chi connectivity index (χ0) is 55.9. The van der Waals surface area contributed by atoms with Crippen molar-refractivity contribution < 1.29 is 37.6 Å². The van der Waals surface area contributed by atoms with E-state index in [0.29, 0.717) is 6.42 Å². The smallest absolute Gasteiger partial charge is 0.462 e. The number of hydrogen-bond acceptors (Lipinski definition) is 8. The summed E-state index contributed by atoms with van der Waals surface area (Å²) < 4.78 is 33.1. The predicted molar refractivity (Wildman–Crippen MR) is 330 cm³/mol. The van der Waals surface area contributed by atoms with Gasteiger partial charge in [-0.15, -0.1) is 0 Å². The summed E-state index contributed by atoms with van der Waals surface area (Å²) in [6.07, 6.45) is 85.4. The Morgan fingerprint density at radius 3 is 1.00 bits per heavy atom. The fourth-order valence-corrected chi connectivity index (χ4v) is 9.10. The molecule has 0 spiro atoms. The van der Waals surface area contributed by atoms with E-state index in [-0.39, 0.29) is 38.6 Å². The lowest BCUT2D eigenvalue weighted by molar-refractivity contribution is -0.161. The molecule has 0 bridgehead atoms. The molecule has 440 valence electrons. The average Bonchev–Trinajstić information content (AvgIpc) is 3.42. The van der Waals surface area contributed by atoms with Crippen molar-refractivity contribution in [1.82, 2.24) is 0 Å². The molecule has 0 amide bonds. The van der Waals surface area contributed by atoms with E-state index in [1.54, 1.807) is 0 Å².